The number of aryl methyl sites for hydroxylation is 2. The predicted octanol–water partition coefficient (Wildman–Crippen LogP) is 3.76. The molecule has 8 nitrogen and oxygen atoms in total. The summed E-state index contributed by atoms with van der Waals surface area (Å²) in [6, 6.07) is 9.96. The number of carbonyl (C=O) groups is 2. The van der Waals surface area contributed by atoms with Crippen LogP contribution < -0.4 is 10.1 Å². The minimum absolute atomic E-state index is 0.0739. The lowest BCUT2D eigenvalue weighted by molar-refractivity contribution is -0.132. The molecule has 1 aromatic carbocycles. The van der Waals surface area contributed by atoms with Gasteiger partial charge in [-0.2, -0.15) is 5.26 Å². The smallest absolute Gasteiger partial charge is 0.225 e. The van der Waals surface area contributed by atoms with Gasteiger partial charge in [0.05, 0.1) is 25.0 Å². The van der Waals surface area contributed by atoms with Crippen LogP contribution in [0.5, 0.6) is 5.75 Å². The molecule has 2 aromatic heterocycles. The number of carbonyl (C=O) groups excluding carboxylic acids is 2. The Morgan fingerprint density at radius 2 is 2.15 bits per heavy atom. The Morgan fingerprint density at radius 1 is 1.29 bits per heavy atom. The number of anilines is 1. The number of fused-ring (bicyclic) bond motifs is 1. The fourth-order valence-corrected chi connectivity index (χ4v) is 5.30. The molecule has 0 aliphatic carbocycles. The van der Waals surface area contributed by atoms with E-state index in [0.29, 0.717) is 56.1 Å². The van der Waals surface area contributed by atoms with E-state index in [1.54, 1.807) is 12.5 Å². The third-order valence-electron chi connectivity index (χ3n) is 5.81. The van der Waals surface area contributed by atoms with Crippen molar-refractivity contribution in [1.29, 1.82) is 5.26 Å². The Bertz CT molecular complexity index is 1200. The summed E-state index contributed by atoms with van der Waals surface area (Å²) in [5.41, 5.74) is 2.45. The van der Waals surface area contributed by atoms with E-state index >= 15 is 0 Å². The zero-order valence-corrected chi connectivity index (χ0v) is 19.9. The standard InChI is InChI=1S/C25H27N5O3S/c1-2-33-21-6-4-3-5-18(21)7-8-23(31)28-25-20(15-26)19-9-13-30(16-22(19)34-25)24(32)10-12-29-14-11-27-17-29/h3-6,11,14,17H,2,7-10,12-13,16H2,1H3,(H,28,31). The number of nitrogens with zero attached hydrogens (tertiary/aromatic N) is 4. The molecule has 0 fully saturated rings. The normalized spacial score (nSPS) is 12.6. The average Bonchev–Trinajstić information content (AvgIpc) is 3.49. The van der Waals surface area contributed by atoms with Crippen molar-refractivity contribution in [3.05, 3.63) is 64.6 Å². The van der Waals surface area contributed by atoms with Gasteiger partial charge in [0.2, 0.25) is 11.8 Å². The number of benzene rings is 1. The van der Waals surface area contributed by atoms with E-state index in [1.807, 2.05) is 46.9 Å². The molecule has 3 heterocycles. The molecule has 34 heavy (non-hydrogen) atoms. The maximum atomic E-state index is 12.7. The van der Waals surface area contributed by atoms with Gasteiger partial charge in [-0.1, -0.05) is 18.2 Å². The van der Waals surface area contributed by atoms with Gasteiger partial charge in [0, 0.05) is 43.2 Å². The van der Waals surface area contributed by atoms with Gasteiger partial charge in [0.15, 0.2) is 0 Å². The van der Waals surface area contributed by atoms with Crippen LogP contribution in [0.1, 0.15) is 41.3 Å². The number of thiophene rings is 1. The lowest BCUT2D eigenvalue weighted by Crippen LogP contribution is -2.35. The fraction of sp³-hybridized carbons (Fsp3) is 0.360. The van der Waals surface area contributed by atoms with Crippen molar-refractivity contribution >= 4 is 28.2 Å². The van der Waals surface area contributed by atoms with Gasteiger partial charge in [-0.3, -0.25) is 9.59 Å². The largest absolute Gasteiger partial charge is 0.494 e. The van der Waals surface area contributed by atoms with E-state index in [0.717, 1.165) is 21.8 Å². The molecule has 1 aliphatic rings. The fourth-order valence-electron chi connectivity index (χ4n) is 4.07. The minimum Gasteiger partial charge on any atom is -0.494 e. The number of hydrogen-bond acceptors (Lipinski definition) is 6. The first kappa shape index (κ1) is 23.5. The van der Waals surface area contributed by atoms with Crippen molar-refractivity contribution in [3.8, 4) is 11.8 Å². The van der Waals surface area contributed by atoms with Gasteiger partial charge in [-0.15, -0.1) is 11.3 Å². The highest BCUT2D eigenvalue weighted by Gasteiger charge is 2.27. The zero-order valence-electron chi connectivity index (χ0n) is 19.1. The van der Waals surface area contributed by atoms with Gasteiger partial charge < -0.3 is 19.5 Å². The molecule has 1 N–H and O–H groups in total. The number of imidazole rings is 1. The predicted molar refractivity (Wildman–Crippen MR) is 130 cm³/mol. The van der Waals surface area contributed by atoms with Crippen LogP contribution >= 0.6 is 11.3 Å². The van der Waals surface area contributed by atoms with Gasteiger partial charge in [-0.25, -0.2) is 4.98 Å². The highest BCUT2D eigenvalue weighted by atomic mass is 32.1. The Kier molecular flexibility index (Phi) is 7.60. The van der Waals surface area contributed by atoms with Crippen molar-refractivity contribution in [1.82, 2.24) is 14.5 Å². The topological polar surface area (TPSA) is 100 Å². The molecular weight excluding hydrogens is 450 g/mol. The van der Waals surface area contributed by atoms with Crippen LogP contribution in [0.15, 0.2) is 43.0 Å². The van der Waals surface area contributed by atoms with Crippen LogP contribution in [0.3, 0.4) is 0 Å². The number of aromatic nitrogens is 2. The van der Waals surface area contributed by atoms with E-state index in [9.17, 15) is 14.9 Å². The number of hydrogen-bond donors (Lipinski definition) is 1. The summed E-state index contributed by atoms with van der Waals surface area (Å²) in [5.74, 6) is 0.722. The number of para-hydroxylation sites is 1. The maximum absolute atomic E-state index is 12.7. The lowest BCUT2D eigenvalue weighted by Gasteiger charge is -2.27. The van der Waals surface area contributed by atoms with Crippen LogP contribution in [0.25, 0.3) is 0 Å². The zero-order chi connectivity index (χ0) is 23.9. The number of amides is 2. The molecule has 0 unspecified atom stereocenters. The SMILES string of the molecule is CCOc1ccccc1CCC(=O)Nc1sc2c(c1C#N)CCN(C(=O)CCn1ccnc1)C2. The molecule has 3 aromatic rings. The number of rotatable bonds is 9. The van der Waals surface area contributed by atoms with Gasteiger partial charge >= 0.3 is 0 Å². The quantitative estimate of drug-likeness (QED) is 0.506. The molecule has 0 radical (unpaired) electrons. The first-order valence-electron chi connectivity index (χ1n) is 11.4. The molecule has 176 valence electrons. The second-order valence-corrected chi connectivity index (χ2v) is 9.13. The number of nitriles is 1. The lowest BCUT2D eigenvalue weighted by atomic mass is 10.0. The summed E-state index contributed by atoms with van der Waals surface area (Å²) >= 11 is 1.40. The Morgan fingerprint density at radius 3 is 2.91 bits per heavy atom. The third kappa shape index (κ3) is 5.46. The molecule has 0 saturated heterocycles. The first-order chi connectivity index (χ1) is 16.6. The highest BCUT2D eigenvalue weighted by molar-refractivity contribution is 7.16. The summed E-state index contributed by atoms with van der Waals surface area (Å²) < 4.78 is 7.52. The number of ether oxygens (including phenoxy) is 1. The van der Waals surface area contributed by atoms with Crippen molar-refractivity contribution in [2.45, 2.75) is 45.7 Å². The molecule has 0 bridgehead atoms. The molecular formula is C25H27N5O3S. The van der Waals surface area contributed by atoms with E-state index < -0.39 is 0 Å². The molecule has 0 saturated carbocycles. The Labute approximate surface area is 202 Å². The van der Waals surface area contributed by atoms with Crippen LogP contribution in [0.4, 0.5) is 5.00 Å². The summed E-state index contributed by atoms with van der Waals surface area (Å²) in [5, 5.41) is 13.2. The summed E-state index contributed by atoms with van der Waals surface area (Å²) in [7, 11) is 0. The molecule has 0 atom stereocenters. The summed E-state index contributed by atoms with van der Waals surface area (Å²) in [6.07, 6.45) is 7.08. The van der Waals surface area contributed by atoms with Crippen molar-refractivity contribution in [3.63, 3.8) is 0 Å². The average molecular weight is 478 g/mol. The maximum Gasteiger partial charge on any atom is 0.225 e. The molecule has 9 heteroatoms. The van der Waals surface area contributed by atoms with E-state index in [-0.39, 0.29) is 18.2 Å². The molecule has 1 aliphatic heterocycles. The van der Waals surface area contributed by atoms with Crippen LogP contribution in [-0.2, 0) is 35.5 Å². The summed E-state index contributed by atoms with van der Waals surface area (Å²) in [6.45, 7) is 4.13. The van der Waals surface area contributed by atoms with E-state index in [1.165, 1.54) is 11.3 Å². The Balaban J connectivity index is 1.37. The monoisotopic (exact) mass is 477 g/mol. The third-order valence-corrected chi connectivity index (χ3v) is 6.94. The number of nitrogens with one attached hydrogen (secondary N) is 1. The van der Waals surface area contributed by atoms with E-state index in [2.05, 4.69) is 16.4 Å². The second-order valence-electron chi connectivity index (χ2n) is 8.02. The van der Waals surface area contributed by atoms with E-state index in [4.69, 9.17) is 4.74 Å². The van der Waals surface area contributed by atoms with Gasteiger partial charge in [0.25, 0.3) is 0 Å². The summed E-state index contributed by atoms with van der Waals surface area (Å²) in [4.78, 5) is 32.2. The van der Waals surface area contributed by atoms with Crippen molar-refractivity contribution < 1.29 is 14.3 Å². The van der Waals surface area contributed by atoms with Gasteiger partial charge in [-0.05, 0) is 37.0 Å². The first-order valence-corrected chi connectivity index (χ1v) is 12.2. The molecule has 0 spiro atoms. The van der Waals surface area contributed by atoms with Crippen molar-refractivity contribution in [2.24, 2.45) is 0 Å². The van der Waals surface area contributed by atoms with Crippen LogP contribution in [-0.4, -0.2) is 39.4 Å². The van der Waals surface area contributed by atoms with Crippen LogP contribution in [0, 0.1) is 11.3 Å². The van der Waals surface area contributed by atoms with Gasteiger partial charge in [0.1, 0.15) is 16.8 Å². The minimum atomic E-state index is -0.144. The Hall–Kier alpha value is -3.64. The molecule has 4 rings (SSSR count). The second kappa shape index (κ2) is 11.0. The molecule has 2 amide bonds. The van der Waals surface area contributed by atoms with Crippen molar-refractivity contribution in [2.75, 3.05) is 18.5 Å². The highest BCUT2D eigenvalue weighted by Crippen LogP contribution is 2.37. The van der Waals surface area contributed by atoms with Crippen LogP contribution in [0.2, 0.25) is 0 Å².